The zero-order valence-corrected chi connectivity index (χ0v) is 15.1. The molecule has 1 aliphatic heterocycles. The van der Waals surface area contributed by atoms with Crippen LogP contribution in [0.4, 0.5) is 19.3 Å². The van der Waals surface area contributed by atoms with Crippen LogP contribution in [0, 0.1) is 5.92 Å². The first-order chi connectivity index (χ1) is 11.5. The van der Waals surface area contributed by atoms with Crippen LogP contribution in [0.25, 0.3) is 0 Å². The summed E-state index contributed by atoms with van der Waals surface area (Å²) in [5, 5.41) is 3.07. The molecular weight excluding hydrogens is 354 g/mol. The van der Waals surface area contributed by atoms with E-state index in [0.29, 0.717) is 10.7 Å². The summed E-state index contributed by atoms with van der Waals surface area (Å²) in [5.41, 5.74) is -0.350. The van der Waals surface area contributed by atoms with Crippen LogP contribution >= 0.6 is 11.6 Å². The Morgan fingerprint density at radius 1 is 1.28 bits per heavy atom. The highest BCUT2D eigenvalue weighted by atomic mass is 35.5. The number of nitrogens with zero attached hydrogens (tertiary/aromatic N) is 1. The maximum atomic E-state index is 14.0. The number of carbonyl (C=O) groups excluding carboxylic acids is 2. The summed E-state index contributed by atoms with van der Waals surface area (Å²) in [6.07, 6.45) is -1.47. The molecule has 0 aliphatic carbocycles. The highest BCUT2D eigenvalue weighted by Crippen LogP contribution is 2.32. The standard InChI is InChI=1S/C17H21ClF2N2O3/c1-16(2,3)25-15(24)22-9-11(8-17(19,20)10-22)14(23)21-13-6-4-12(18)5-7-13/h4-7,11H,8-10H2,1-3H3,(H,21,23). The van der Waals surface area contributed by atoms with E-state index < -0.39 is 42.4 Å². The number of nitrogens with one attached hydrogen (secondary N) is 1. The van der Waals surface area contributed by atoms with Crippen molar-refractivity contribution in [3.63, 3.8) is 0 Å². The van der Waals surface area contributed by atoms with Crippen molar-refractivity contribution in [3.8, 4) is 0 Å². The predicted octanol–water partition coefficient (Wildman–Crippen LogP) is 4.17. The van der Waals surface area contributed by atoms with Crippen LogP contribution in [0.2, 0.25) is 5.02 Å². The normalized spacial score (nSPS) is 20.1. The lowest BCUT2D eigenvalue weighted by Crippen LogP contribution is -2.53. The molecule has 1 N–H and O–H groups in total. The Morgan fingerprint density at radius 2 is 1.88 bits per heavy atom. The number of ether oxygens (including phenoxy) is 1. The molecule has 0 bridgehead atoms. The summed E-state index contributed by atoms with van der Waals surface area (Å²) < 4.78 is 33.1. The number of carbonyl (C=O) groups is 2. The van der Waals surface area contributed by atoms with Crippen molar-refractivity contribution >= 4 is 29.3 Å². The van der Waals surface area contributed by atoms with Gasteiger partial charge in [-0.15, -0.1) is 0 Å². The molecule has 5 nitrogen and oxygen atoms in total. The lowest BCUT2D eigenvalue weighted by atomic mass is 9.94. The molecule has 1 saturated heterocycles. The van der Waals surface area contributed by atoms with Gasteiger partial charge in [0.2, 0.25) is 5.91 Å². The minimum absolute atomic E-state index is 0.121. The number of hydrogen-bond acceptors (Lipinski definition) is 3. The van der Waals surface area contributed by atoms with Gasteiger partial charge in [-0.25, -0.2) is 13.6 Å². The van der Waals surface area contributed by atoms with Crippen LogP contribution in [-0.4, -0.2) is 41.5 Å². The summed E-state index contributed by atoms with van der Waals surface area (Å²) in [6, 6.07) is 6.32. The summed E-state index contributed by atoms with van der Waals surface area (Å²) >= 11 is 5.77. The van der Waals surface area contributed by atoms with Crippen LogP contribution in [0.5, 0.6) is 0 Å². The lowest BCUT2D eigenvalue weighted by molar-refractivity contribution is -0.131. The lowest BCUT2D eigenvalue weighted by Gasteiger charge is -2.37. The van der Waals surface area contributed by atoms with Gasteiger partial charge in [0.1, 0.15) is 5.60 Å². The van der Waals surface area contributed by atoms with Crippen molar-refractivity contribution in [2.45, 2.75) is 38.7 Å². The van der Waals surface area contributed by atoms with Crippen molar-refractivity contribution in [1.82, 2.24) is 4.90 Å². The number of anilines is 1. The molecule has 1 fully saturated rings. The fraction of sp³-hybridized carbons (Fsp3) is 0.529. The second kappa shape index (κ2) is 7.15. The zero-order chi connectivity index (χ0) is 18.8. The van der Waals surface area contributed by atoms with Gasteiger partial charge in [0.25, 0.3) is 5.92 Å². The number of likely N-dealkylation sites (tertiary alicyclic amines) is 1. The highest BCUT2D eigenvalue weighted by Gasteiger charge is 2.45. The van der Waals surface area contributed by atoms with E-state index in [2.05, 4.69) is 5.32 Å². The van der Waals surface area contributed by atoms with Crippen LogP contribution in [-0.2, 0) is 9.53 Å². The molecule has 1 heterocycles. The third-order valence-electron chi connectivity index (χ3n) is 3.54. The Bertz CT molecular complexity index is 644. The largest absolute Gasteiger partial charge is 0.444 e. The van der Waals surface area contributed by atoms with E-state index in [9.17, 15) is 18.4 Å². The molecule has 2 rings (SSSR count). The molecule has 0 saturated carbocycles. The third kappa shape index (κ3) is 5.85. The number of piperidine rings is 1. The number of halogens is 3. The van der Waals surface area contributed by atoms with E-state index in [1.54, 1.807) is 45.0 Å². The van der Waals surface area contributed by atoms with E-state index in [0.717, 1.165) is 4.90 Å². The molecule has 1 aliphatic rings. The van der Waals surface area contributed by atoms with Crippen molar-refractivity contribution < 1.29 is 23.1 Å². The monoisotopic (exact) mass is 374 g/mol. The van der Waals surface area contributed by atoms with Crippen LogP contribution in [0.1, 0.15) is 27.2 Å². The summed E-state index contributed by atoms with van der Waals surface area (Å²) in [7, 11) is 0. The van der Waals surface area contributed by atoms with Gasteiger partial charge in [-0.05, 0) is 45.0 Å². The van der Waals surface area contributed by atoms with E-state index in [-0.39, 0.29) is 6.54 Å². The number of benzene rings is 1. The van der Waals surface area contributed by atoms with Gasteiger partial charge in [0, 0.05) is 23.7 Å². The van der Waals surface area contributed by atoms with E-state index >= 15 is 0 Å². The fourth-order valence-electron chi connectivity index (χ4n) is 2.52. The maximum absolute atomic E-state index is 14.0. The van der Waals surface area contributed by atoms with Crippen molar-refractivity contribution in [1.29, 1.82) is 0 Å². The Kier molecular flexibility index (Phi) is 5.56. The van der Waals surface area contributed by atoms with Crippen molar-refractivity contribution in [2.24, 2.45) is 5.92 Å². The topological polar surface area (TPSA) is 58.6 Å². The molecule has 2 amide bonds. The van der Waals surface area contributed by atoms with Gasteiger partial charge < -0.3 is 15.0 Å². The second-order valence-corrected chi connectivity index (χ2v) is 7.55. The first-order valence-corrected chi connectivity index (χ1v) is 8.25. The maximum Gasteiger partial charge on any atom is 0.410 e. The average Bonchev–Trinajstić information content (AvgIpc) is 2.46. The summed E-state index contributed by atoms with van der Waals surface area (Å²) in [5.74, 6) is -4.76. The Labute approximate surface area is 150 Å². The van der Waals surface area contributed by atoms with E-state index in [4.69, 9.17) is 16.3 Å². The Balaban J connectivity index is 2.07. The van der Waals surface area contributed by atoms with Gasteiger partial charge in [-0.3, -0.25) is 4.79 Å². The van der Waals surface area contributed by atoms with Gasteiger partial charge in [-0.1, -0.05) is 11.6 Å². The predicted molar refractivity (Wildman–Crippen MR) is 90.9 cm³/mol. The molecule has 0 radical (unpaired) electrons. The van der Waals surface area contributed by atoms with Crippen LogP contribution < -0.4 is 5.32 Å². The molecular formula is C17H21ClF2N2O3. The number of amides is 2. The van der Waals surface area contributed by atoms with Gasteiger partial charge in [0.15, 0.2) is 0 Å². The first-order valence-electron chi connectivity index (χ1n) is 7.87. The third-order valence-corrected chi connectivity index (χ3v) is 3.79. The van der Waals surface area contributed by atoms with Crippen molar-refractivity contribution in [3.05, 3.63) is 29.3 Å². The molecule has 8 heteroatoms. The van der Waals surface area contributed by atoms with E-state index in [1.165, 1.54) is 0 Å². The van der Waals surface area contributed by atoms with Gasteiger partial charge in [0.05, 0.1) is 12.5 Å². The average molecular weight is 375 g/mol. The summed E-state index contributed by atoms with van der Waals surface area (Å²) in [4.78, 5) is 25.3. The molecule has 0 spiro atoms. The minimum Gasteiger partial charge on any atom is -0.444 e. The number of rotatable bonds is 2. The van der Waals surface area contributed by atoms with Crippen LogP contribution in [0.15, 0.2) is 24.3 Å². The second-order valence-electron chi connectivity index (χ2n) is 7.11. The molecule has 1 aromatic rings. The van der Waals surface area contributed by atoms with Gasteiger partial charge >= 0.3 is 6.09 Å². The van der Waals surface area contributed by atoms with Gasteiger partial charge in [-0.2, -0.15) is 0 Å². The minimum atomic E-state index is -3.16. The zero-order valence-electron chi connectivity index (χ0n) is 14.3. The molecule has 25 heavy (non-hydrogen) atoms. The highest BCUT2D eigenvalue weighted by molar-refractivity contribution is 6.30. The smallest absolute Gasteiger partial charge is 0.410 e. The fourth-order valence-corrected chi connectivity index (χ4v) is 2.64. The molecule has 0 aromatic heterocycles. The van der Waals surface area contributed by atoms with Crippen LogP contribution in [0.3, 0.4) is 0 Å². The SMILES string of the molecule is CC(C)(C)OC(=O)N1CC(C(=O)Nc2ccc(Cl)cc2)CC(F)(F)C1. The number of alkyl halides is 2. The quantitative estimate of drug-likeness (QED) is 0.845. The molecule has 138 valence electrons. The van der Waals surface area contributed by atoms with E-state index in [1.807, 2.05) is 0 Å². The Morgan fingerprint density at radius 3 is 2.44 bits per heavy atom. The number of hydrogen-bond donors (Lipinski definition) is 1. The first kappa shape index (κ1) is 19.4. The van der Waals surface area contributed by atoms with Crippen molar-refractivity contribution in [2.75, 3.05) is 18.4 Å². The molecule has 1 aromatic carbocycles. The molecule has 1 atom stereocenters. The molecule has 1 unspecified atom stereocenters. The Hall–Kier alpha value is -1.89. The summed E-state index contributed by atoms with van der Waals surface area (Å²) in [6.45, 7) is 4.07.